The van der Waals surface area contributed by atoms with Gasteiger partial charge in [0.15, 0.2) is 11.1 Å². The molecule has 0 amide bonds. The van der Waals surface area contributed by atoms with Crippen LogP contribution in [0.2, 0.25) is 0 Å². The molecular formula is C24H26N4O4. The molecule has 166 valence electrons. The Balaban J connectivity index is 0.000000333. The van der Waals surface area contributed by atoms with Crippen molar-refractivity contribution in [3.63, 3.8) is 0 Å². The van der Waals surface area contributed by atoms with Crippen LogP contribution < -0.4 is 0 Å². The van der Waals surface area contributed by atoms with Crippen molar-refractivity contribution in [2.45, 2.75) is 51.6 Å². The quantitative estimate of drug-likeness (QED) is 0.339. The predicted octanol–water partition coefficient (Wildman–Crippen LogP) is 5.44. The zero-order chi connectivity index (χ0) is 24.0. The summed E-state index contributed by atoms with van der Waals surface area (Å²) in [5.74, 6) is -1.42. The number of carbonyl (C=O) groups is 2. The lowest BCUT2D eigenvalue weighted by Crippen LogP contribution is -2.22. The van der Waals surface area contributed by atoms with Gasteiger partial charge < -0.3 is 0 Å². The minimum Gasteiger partial charge on any atom is -0.242 e. The van der Waals surface area contributed by atoms with Crippen molar-refractivity contribution in [2.75, 3.05) is 0 Å². The molecule has 0 aliphatic rings. The number of benzene rings is 2. The number of hydrogen-bond acceptors (Lipinski definition) is 8. The van der Waals surface area contributed by atoms with Crippen molar-refractivity contribution < 1.29 is 19.4 Å². The number of hydrogen-bond donors (Lipinski definition) is 0. The summed E-state index contributed by atoms with van der Waals surface area (Å²) in [6, 6.07) is 20.7. The van der Waals surface area contributed by atoms with Gasteiger partial charge in [0.25, 0.3) is 0 Å². The van der Waals surface area contributed by atoms with E-state index >= 15 is 0 Å². The van der Waals surface area contributed by atoms with Crippen molar-refractivity contribution in [3.05, 3.63) is 71.8 Å². The van der Waals surface area contributed by atoms with Gasteiger partial charge in [-0.2, -0.15) is 20.8 Å². The van der Waals surface area contributed by atoms with Crippen LogP contribution in [0.1, 0.15) is 61.3 Å². The normalized spacial score (nSPS) is 13.8. The van der Waals surface area contributed by atoms with E-state index in [-0.39, 0.29) is 0 Å². The summed E-state index contributed by atoms with van der Waals surface area (Å²) in [6.07, 6.45) is 1.19. The fourth-order valence-electron chi connectivity index (χ4n) is 1.89. The molecular weight excluding hydrogens is 408 g/mol. The number of azo groups is 1. The van der Waals surface area contributed by atoms with Crippen LogP contribution in [0.25, 0.3) is 0 Å². The summed E-state index contributed by atoms with van der Waals surface area (Å²) in [5, 5.41) is 25.6. The molecule has 2 atom stereocenters. The molecule has 0 radical (unpaired) electrons. The highest BCUT2D eigenvalue weighted by Gasteiger charge is 2.25. The summed E-state index contributed by atoms with van der Waals surface area (Å²) in [7, 11) is 0. The van der Waals surface area contributed by atoms with Crippen LogP contribution in [0.3, 0.4) is 0 Å². The molecule has 0 aliphatic heterocycles. The molecule has 0 heterocycles. The first-order chi connectivity index (χ1) is 15.2. The van der Waals surface area contributed by atoms with E-state index in [2.05, 4.69) is 32.1 Å². The monoisotopic (exact) mass is 434 g/mol. The number of rotatable bonds is 6. The topological polar surface area (TPSA) is 125 Å². The van der Waals surface area contributed by atoms with Gasteiger partial charge in [-0.25, -0.2) is 19.4 Å². The fraction of sp³-hybridized carbons (Fsp3) is 0.333. The fourth-order valence-corrected chi connectivity index (χ4v) is 1.89. The van der Waals surface area contributed by atoms with Gasteiger partial charge >= 0.3 is 11.9 Å². The molecule has 0 saturated heterocycles. The minimum absolute atomic E-state index is 0.318. The summed E-state index contributed by atoms with van der Waals surface area (Å²) in [6.45, 7) is 7.17. The lowest BCUT2D eigenvalue weighted by Gasteiger charge is -2.16. The third kappa shape index (κ3) is 8.37. The Morgan fingerprint density at radius 1 is 0.750 bits per heavy atom. The Bertz CT molecular complexity index is 915. The molecule has 8 heteroatoms. The van der Waals surface area contributed by atoms with Gasteiger partial charge in [0, 0.05) is 0 Å². The average Bonchev–Trinajstić information content (AvgIpc) is 2.86. The molecule has 2 aromatic carbocycles. The number of nitriles is 2. The van der Waals surface area contributed by atoms with Crippen molar-refractivity contribution in [1.82, 2.24) is 0 Å². The molecule has 0 saturated carbocycles. The van der Waals surface area contributed by atoms with E-state index in [4.69, 9.17) is 10.5 Å². The Morgan fingerprint density at radius 2 is 1.06 bits per heavy atom. The van der Waals surface area contributed by atoms with Gasteiger partial charge in [-0.05, 0) is 51.0 Å². The first-order valence-electron chi connectivity index (χ1n) is 10.0. The van der Waals surface area contributed by atoms with Gasteiger partial charge in [-0.15, -0.1) is 0 Å². The molecule has 0 aliphatic carbocycles. The van der Waals surface area contributed by atoms with Crippen LogP contribution in [0.15, 0.2) is 70.9 Å². The summed E-state index contributed by atoms with van der Waals surface area (Å²) in [5.41, 5.74) is -0.961. The standard InChI is InChI=1S/C14H10O4.C10H16N4/c15-13(11-7-3-1-4-8-11)17-18-14(16)12-9-5-2-6-10-12;1-5-9(3,7-11)13-14-10(4,6-2)8-12/h1-10H;5-6H2,1-4H3. The Morgan fingerprint density at radius 3 is 1.31 bits per heavy atom. The molecule has 0 bridgehead atoms. The molecule has 0 N–H and O–H groups in total. The Kier molecular flexibility index (Phi) is 10.2. The van der Waals surface area contributed by atoms with Crippen LogP contribution in [-0.2, 0) is 9.78 Å². The molecule has 32 heavy (non-hydrogen) atoms. The molecule has 2 rings (SSSR count). The second-order valence-corrected chi connectivity index (χ2v) is 7.15. The van der Waals surface area contributed by atoms with E-state index in [9.17, 15) is 9.59 Å². The zero-order valence-electron chi connectivity index (χ0n) is 18.6. The van der Waals surface area contributed by atoms with Gasteiger partial charge in [-0.1, -0.05) is 50.2 Å². The average molecular weight is 434 g/mol. The highest BCUT2D eigenvalue weighted by Crippen LogP contribution is 2.20. The largest absolute Gasteiger partial charge is 0.386 e. The molecule has 0 fully saturated rings. The maximum Gasteiger partial charge on any atom is 0.386 e. The van der Waals surface area contributed by atoms with Gasteiger partial charge in [-0.3, -0.25) is 0 Å². The first-order valence-corrected chi connectivity index (χ1v) is 10.0. The van der Waals surface area contributed by atoms with E-state index in [0.717, 1.165) is 0 Å². The lowest BCUT2D eigenvalue weighted by molar-refractivity contribution is -0.187. The number of nitrogens with zero attached hydrogens (tertiary/aromatic N) is 4. The van der Waals surface area contributed by atoms with Crippen LogP contribution in [0, 0.1) is 22.7 Å². The third-order valence-corrected chi connectivity index (χ3v) is 4.56. The highest BCUT2D eigenvalue weighted by atomic mass is 17.2. The molecule has 0 spiro atoms. The lowest BCUT2D eigenvalue weighted by atomic mass is 10.0. The molecule has 2 aromatic rings. The maximum atomic E-state index is 11.5. The first kappa shape index (κ1) is 26.0. The van der Waals surface area contributed by atoms with Crippen molar-refractivity contribution in [2.24, 2.45) is 10.2 Å². The number of carbonyl (C=O) groups excluding carboxylic acids is 2. The van der Waals surface area contributed by atoms with E-state index in [1.165, 1.54) is 0 Å². The summed E-state index contributed by atoms with van der Waals surface area (Å²) in [4.78, 5) is 31.9. The van der Waals surface area contributed by atoms with Crippen LogP contribution >= 0.6 is 0 Å². The minimum atomic E-state index is -0.798. The van der Waals surface area contributed by atoms with Crippen LogP contribution in [0.5, 0.6) is 0 Å². The SMILES string of the molecule is CCC(C)(C#N)N=NC(C)(C#N)CC.O=C(OOC(=O)c1ccccc1)c1ccccc1. The molecule has 2 unspecified atom stereocenters. The van der Waals surface area contributed by atoms with Gasteiger partial charge in [0.05, 0.1) is 23.3 Å². The Labute approximate surface area is 188 Å². The maximum absolute atomic E-state index is 11.5. The van der Waals surface area contributed by atoms with E-state index in [0.29, 0.717) is 24.0 Å². The summed E-state index contributed by atoms with van der Waals surface area (Å²) >= 11 is 0. The second kappa shape index (κ2) is 12.6. The van der Waals surface area contributed by atoms with E-state index in [1.54, 1.807) is 74.5 Å². The molecule has 0 aromatic heterocycles. The van der Waals surface area contributed by atoms with Gasteiger partial charge in [0.1, 0.15) is 0 Å². The van der Waals surface area contributed by atoms with Crippen molar-refractivity contribution in [1.29, 1.82) is 10.5 Å². The Hall–Kier alpha value is -4.04. The third-order valence-electron chi connectivity index (χ3n) is 4.56. The van der Waals surface area contributed by atoms with Crippen LogP contribution in [-0.4, -0.2) is 23.0 Å². The summed E-state index contributed by atoms with van der Waals surface area (Å²) < 4.78 is 0. The van der Waals surface area contributed by atoms with Crippen LogP contribution in [0.4, 0.5) is 0 Å². The highest BCUT2D eigenvalue weighted by molar-refractivity contribution is 5.92. The van der Waals surface area contributed by atoms with Gasteiger partial charge in [0.2, 0.25) is 0 Å². The second-order valence-electron chi connectivity index (χ2n) is 7.15. The zero-order valence-corrected chi connectivity index (χ0v) is 18.6. The molecule has 8 nitrogen and oxygen atoms in total. The van der Waals surface area contributed by atoms with E-state index in [1.807, 2.05) is 13.8 Å². The van der Waals surface area contributed by atoms with Crippen molar-refractivity contribution in [3.8, 4) is 12.1 Å². The predicted molar refractivity (Wildman–Crippen MR) is 117 cm³/mol. The van der Waals surface area contributed by atoms with E-state index < -0.39 is 23.0 Å². The van der Waals surface area contributed by atoms with Crippen molar-refractivity contribution >= 4 is 11.9 Å². The smallest absolute Gasteiger partial charge is 0.242 e.